The van der Waals surface area contributed by atoms with Crippen molar-refractivity contribution in [1.82, 2.24) is 20.1 Å². The van der Waals surface area contributed by atoms with E-state index >= 15 is 0 Å². The number of anilines is 2. The van der Waals surface area contributed by atoms with Crippen LogP contribution in [0.3, 0.4) is 0 Å². The summed E-state index contributed by atoms with van der Waals surface area (Å²) in [7, 11) is 0. The van der Waals surface area contributed by atoms with Crippen LogP contribution < -0.4 is 16.0 Å². The SMILES string of the molecule is CC(=O)Nc1cccc(NC(=O)CN2C(=O)N(Cc3cccnc3)C(=O)C3NCCCC32)c1. The van der Waals surface area contributed by atoms with E-state index in [1.807, 2.05) is 0 Å². The van der Waals surface area contributed by atoms with Crippen molar-refractivity contribution in [3.05, 3.63) is 54.4 Å². The summed E-state index contributed by atoms with van der Waals surface area (Å²) in [6, 6.07) is 8.88. The van der Waals surface area contributed by atoms with Crippen molar-refractivity contribution >= 4 is 35.1 Å². The molecular formula is C23H26N6O4. The minimum Gasteiger partial charge on any atom is -0.326 e. The van der Waals surface area contributed by atoms with Crippen LogP contribution in [0.5, 0.6) is 0 Å². The highest BCUT2D eigenvalue weighted by atomic mass is 16.2. The van der Waals surface area contributed by atoms with Crippen molar-refractivity contribution in [3.8, 4) is 0 Å². The first-order valence-electron chi connectivity index (χ1n) is 10.8. The zero-order chi connectivity index (χ0) is 23.4. The van der Waals surface area contributed by atoms with Crippen molar-refractivity contribution in [1.29, 1.82) is 0 Å². The molecule has 2 fully saturated rings. The number of amides is 5. The van der Waals surface area contributed by atoms with Gasteiger partial charge in [-0.05, 0) is 49.2 Å². The Morgan fingerprint density at radius 3 is 2.67 bits per heavy atom. The van der Waals surface area contributed by atoms with Gasteiger partial charge >= 0.3 is 6.03 Å². The predicted octanol–water partition coefficient (Wildman–Crippen LogP) is 1.56. The largest absolute Gasteiger partial charge is 0.327 e. The van der Waals surface area contributed by atoms with Crippen LogP contribution in [0.2, 0.25) is 0 Å². The molecule has 2 atom stereocenters. The predicted molar refractivity (Wildman–Crippen MR) is 121 cm³/mol. The summed E-state index contributed by atoms with van der Waals surface area (Å²) in [5.74, 6) is -0.886. The molecule has 2 unspecified atom stereocenters. The van der Waals surface area contributed by atoms with Gasteiger partial charge in [-0.1, -0.05) is 12.1 Å². The lowest BCUT2D eigenvalue weighted by Crippen LogP contribution is -2.70. The number of urea groups is 1. The molecule has 0 bridgehead atoms. The van der Waals surface area contributed by atoms with Crippen LogP contribution in [0.1, 0.15) is 25.3 Å². The first kappa shape index (κ1) is 22.4. The molecule has 172 valence electrons. The fraction of sp³-hybridized carbons (Fsp3) is 0.348. The lowest BCUT2D eigenvalue weighted by Gasteiger charge is -2.46. The van der Waals surface area contributed by atoms with Gasteiger partial charge in [0.15, 0.2) is 0 Å². The number of fused-ring (bicyclic) bond motifs is 1. The number of hydrogen-bond donors (Lipinski definition) is 3. The van der Waals surface area contributed by atoms with E-state index in [1.54, 1.807) is 48.8 Å². The quantitative estimate of drug-likeness (QED) is 0.614. The fourth-order valence-electron chi connectivity index (χ4n) is 4.26. The number of hydrogen-bond acceptors (Lipinski definition) is 6. The van der Waals surface area contributed by atoms with Crippen LogP contribution >= 0.6 is 0 Å². The highest BCUT2D eigenvalue weighted by Gasteiger charge is 2.47. The van der Waals surface area contributed by atoms with Crippen molar-refractivity contribution in [3.63, 3.8) is 0 Å². The molecule has 0 saturated carbocycles. The first-order chi connectivity index (χ1) is 15.9. The number of nitrogens with one attached hydrogen (secondary N) is 3. The summed E-state index contributed by atoms with van der Waals surface area (Å²) in [5, 5.41) is 8.66. The van der Waals surface area contributed by atoms with Crippen LogP contribution in [-0.4, -0.2) is 63.7 Å². The van der Waals surface area contributed by atoms with Crippen molar-refractivity contribution in [2.24, 2.45) is 0 Å². The smallest absolute Gasteiger partial charge is 0.326 e. The van der Waals surface area contributed by atoms with Gasteiger partial charge in [0.25, 0.3) is 0 Å². The molecule has 1 aromatic heterocycles. The molecule has 3 heterocycles. The molecule has 4 rings (SSSR count). The number of piperidine rings is 1. The zero-order valence-electron chi connectivity index (χ0n) is 18.3. The van der Waals surface area contributed by atoms with E-state index in [4.69, 9.17) is 0 Å². The third-order valence-corrected chi connectivity index (χ3v) is 5.68. The van der Waals surface area contributed by atoms with Gasteiger partial charge in [0.2, 0.25) is 17.7 Å². The number of pyridine rings is 1. The van der Waals surface area contributed by atoms with Gasteiger partial charge in [0, 0.05) is 30.7 Å². The van der Waals surface area contributed by atoms with Crippen molar-refractivity contribution in [2.45, 2.75) is 38.4 Å². The minimum absolute atomic E-state index is 0.0906. The van der Waals surface area contributed by atoms with Gasteiger partial charge in [-0.3, -0.25) is 24.3 Å². The van der Waals surface area contributed by atoms with E-state index in [9.17, 15) is 19.2 Å². The molecule has 10 nitrogen and oxygen atoms in total. The first-order valence-corrected chi connectivity index (χ1v) is 10.8. The van der Waals surface area contributed by atoms with Gasteiger partial charge < -0.3 is 20.9 Å². The van der Waals surface area contributed by atoms with E-state index in [2.05, 4.69) is 20.9 Å². The average Bonchev–Trinajstić information content (AvgIpc) is 2.80. The monoisotopic (exact) mass is 450 g/mol. The maximum absolute atomic E-state index is 13.3. The van der Waals surface area contributed by atoms with Crippen molar-refractivity contribution < 1.29 is 19.2 Å². The Morgan fingerprint density at radius 2 is 1.94 bits per heavy atom. The number of carbonyl (C=O) groups is 4. The maximum atomic E-state index is 13.3. The summed E-state index contributed by atoms with van der Waals surface area (Å²) in [4.78, 5) is 57.2. The highest BCUT2D eigenvalue weighted by Crippen LogP contribution is 2.26. The maximum Gasteiger partial charge on any atom is 0.327 e. The topological polar surface area (TPSA) is 124 Å². The Labute approximate surface area is 191 Å². The number of nitrogens with zero attached hydrogens (tertiary/aromatic N) is 3. The molecule has 2 saturated heterocycles. The van der Waals surface area contributed by atoms with E-state index in [1.165, 1.54) is 16.7 Å². The Hall–Kier alpha value is -3.79. The van der Waals surface area contributed by atoms with Crippen LogP contribution in [0.25, 0.3) is 0 Å². The summed E-state index contributed by atoms with van der Waals surface area (Å²) in [5.41, 5.74) is 1.78. The molecule has 10 heteroatoms. The molecule has 0 radical (unpaired) electrons. The molecule has 2 aliphatic rings. The zero-order valence-corrected chi connectivity index (χ0v) is 18.3. The summed E-state index contributed by atoms with van der Waals surface area (Å²) >= 11 is 0. The van der Waals surface area contributed by atoms with Gasteiger partial charge in [-0.2, -0.15) is 0 Å². The van der Waals surface area contributed by atoms with Gasteiger partial charge in [0.05, 0.1) is 12.6 Å². The lowest BCUT2D eigenvalue weighted by atomic mass is 9.93. The molecule has 3 N–H and O–H groups in total. The molecule has 1 aromatic carbocycles. The highest BCUT2D eigenvalue weighted by molar-refractivity contribution is 6.03. The third-order valence-electron chi connectivity index (χ3n) is 5.68. The third kappa shape index (κ3) is 5.17. The Balaban J connectivity index is 1.50. The number of aromatic nitrogens is 1. The van der Waals surface area contributed by atoms with Crippen LogP contribution in [-0.2, 0) is 20.9 Å². The minimum atomic E-state index is -0.552. The average molecular weight is 450 g/mol. The van der Waals surface area contributed by atoms with Gasteiger partial charge in [-0.15, -0.1) is 0 Å². The Bertz CT molecular complexity index is 1060. The molecule has 0 spiro atoms. The molecule has 33 heavy (non-hydrogen) atoms. The second-order valence-corrected chi connectivity index (χ2v) is 8.15. The lowest BCUT2D eigenvalue weighted by molar-refractivity contribution is -0.138. The summed E-state index contributed by atoms with van der Waals surface area (Å²) in [6.07, 6.45) is 4.68. The van der Waals surface area contributed by atoms with Crippen LogP contribution in [0.4, 0.5) is 16.2 Å². The summed E-state index contributed by atoms with van der Waals surface area (Å²) in [6.45, 7) is 1.98. The van der Waals surface area contributed by atoms with Gasteiger partial charge in [0.1, 0.15) is 12.6 Å². The second kappa shape index (κ2) is 9.78. The molecule has 2 aliphatic heterocycles. The van der Waals surface area contributed by atoms with Crippen LogP contribution in [0, 0.1) is 0 Å². The molecular weight excluding hydrogens is 424 g/mol. The number of imide groups is 1. The molecule has 2 aromatic rings. The van der Waals surface area contributed by atoms with Crippen LogP contribution in [0.15, 0.2) is 48.8 Å². The van der Waals surface area contributed by atoms with E-state index in [-0.39, 0.29) is 36.9 Å². The van der Waals surface area contributed by atoms with E-state index < -0.39 is 12.1 Å². The standard InChI is InChI=1S/C23H26N6O4/c1-15(30)26-17-6-2-7-18(11-17)27-20(31)14-28-19-8-4-10-25-21(19)22(32)29(23(28)33)13-16-5-3-9-24-12-16/h2-3,5-7,9,11-12,19,21,25H,4,8,10,13-14H2,1H3,(H,26,30)(H,27,31). The van der Waals surface area contributed by atoms with Gasteiger partial charge in [-0.25, -0.2) is 4.79 Å². The Morgan fingerprint density at radius 1 is 1.15 bits per heavy atom. The second-order valence-electron chi connectivity index (χ2n) is 8.15. The van der Waals surface area contributed by atoms with Crippen molar-refractivity contribution in [2.75, 3.05) is 23.7 Å². The number of benzene rings is 1. The van der Waals surface area contributed by atoms with E-state index in [0.29, 0.717) is 24.3 Å². The number of carbonyl (C=O) groups excluding carboxylic acids is 4. The molecule has 0 aliphatic carbocycles. The summed E-state index contributed by atoms with van der Waals surface area (Å²) < 4.78 is 0. The molecule has 5 amide bonds. The fourth-order valence-corrected chi connectivity index (χ4v) is 4.26. The van der Waals surface area contributed by atoms with E-state index in [0.717, 1.165) is 12.0 Å². The Kier molecular flexibility index (Phi) is 6.64. The number of rotatable bonds is 6. The normalized spacial score (nSPS) is 20.3.